The third-order valence-electron chi connectivity index (χ3n) is 10.9. The summed E-state index contributed by atoms with van der Waals surface area (Å²) in [4.78, 5) is 32.8. The standard InChI is InChI=1S/C42H50Cl3N3O5.ClH/c1-26-10-11-27(2)38(28(26)3)52-21-19-29-12-14-31(15-13-29)35-22-34-23-46-24-36(48(34)40(51)53-41(4,5)42(43,44)45)37(35)39(50)47(33-16-17-33)25-32-9-7-6-8-30(32)18-20-49;/h6-15,33-34,36,46,49H,16-25H2,1-5H3;1H. The molecule has 12 heteroatoms. The SMILES string of the molecule is Cc1ccc(C)c(OCCc2ccc(C3=C(C(=O)N(Cc4ccccc4CCO)C4CC4)C4CNCC(C3)N4C(=O)OC(C)(C)C(Cl)(Cl)Cl)cc2)c1C.Cl. The lowest BCUT2D eigenvalue weighted by molar-refractivity contribution is -0.129. The molecule has 2 atom stereocenters. The lowest BCUT2D eigenvalue weighted by atomic mass is 9.81. The van der Waals surface area contributed by atoms with Gasteiger partial charge in [-0.25, -0.2) is 4.79 Å². The highest BCUT2D eigenvalue weighted by Crippen LogP contribution is 2.44. The number of rotatable bonds is 12. The normalized spacial score (nSPS) is 18.6. The number of aliphatic hydroxyl groups is 1. The Morgan fingerprint density at radius 1 is 0.926 bits per heavy atom. The van der Waals surface area contributed by atoms with Gasteiger partial charge in [0.2, 0.25) is 3.79 Å². The van der Waals surface area contributed by atoms with E-state index in [4.69, 9.17) is 44.3 Å². The van der Waals surface area contributed by atoms with Crippen LogP contribution < -0.4 is 10.1 Å². The van der Waals surface area contributed by atoms with E-state index in [1.54, 1.807) is 18.7 Å². The number of piperazine rings is 1. The zero-order valence-corrected chi connectivity index (χ0v) is 34.7. The smallest absolute Gasteiger partial charge is 0.411 e. The lowest BCUT2D eigenvalue weighted by Crippen LogP contribution is -2.64. The zero-order valence-electron chi connectivity index (χ0n) is 31.6. The molecule has 1 saturated carbocycles. The van der Waals surface area contributed by atoms with Crippen molar-refractivity contribution in [2.75, 3.05) is 26.3 Å². The highest BCUT2D eigenvalue weighted by atomic mass is 35.6. The molecule has 0 spiro atoms. The average molecular weight is 820 g/mol. The van der Waals surface area contributed by atoms with Gasteiger partial charge in [-0.05, 0) is 105 Å². The molecule has 2 heterocycles. The van der Waals surface area contributed by atoms with Crippen LogP contribution in [0.4, 0.5) is 4.79 Å². The molecule has 2 aliphatic heterocycles. The van der Waals surface area contributed by atoms with Gasteiger partial charge in [0.25, 0.3) is 5.91 Å². The third-order valence-corrected chi connectivity index (χ3v) is 12.3. The van der Waals surface area contributed by atoms with Gasteiger partial charge in [-0.1, -0.05) is 95.5 Å². The molecule has 3 aromatic rings. The van der Waals surface area contributed by atoms with Crippen LogP contribution >= 0.6 is 47.2 Å². The summed E-state index contributed by atoms with van der Waals surface area (Å²) < 4.78 is 10.3. The predicted octanol–water partition coefficient (Wildman–Crippen LogP) is 8.47. The van der Waals surface area contributed by atoms with Crippen molar-refractivity contribution >= 4 is 64.8 Å². The Morgan fingerprint density at radius 3 is 2.24 bits per heavy atom. The van der Waals surface area contributed by atoms with E-state index < -0.39 is 21.5 Å². The summed E-state index contributed by atoms with van der Waals surface area (Å²) in [7, 11) is 0. The highest BCUT2D eigenvalue weighted by Gasteiger charge is 2.50. The molecule has 1 saturated heterocycles. The Morgan fingerprint density at radius 2 is 1.59 bits per heavy atom. The number of carbonyl (C=O) groups is 2. The molecule has 2 bridgehead atoms. The number of carbonyl (C=O) groups excluding carboxylic acids is 2. The van der Waals surface area contributed by atoms with E-state index in [0.717, 1.165) is 64.0 Å². The topological polar surface area (TPSA) is 91.3 Å². The zero-order chi connectivity index (χ0) is 38.1. The first-order chi connectivity index (χ1) is 25.2. The van der Waals surface area contributed by atoms with Crippen molar-refractivity contribution in [1.29, 1.82) is 0 Å². The van der Waals surface area contributed by atoms with Crippen LogP contribution in [0.5, 0.6) is 5.75 Å². The van der Waals surface area contributed by atoms with E-state index in [1.165, 1.54) is 5.56 Å². The molecule has 2 fully saturated rings. The maximum Gasteiger partial charge on any atom is 0.411 e. The minimum atomic E-state index is -1.86. The molecular formula is C42H51Cl4N3O5. The van der Waals surface area contributed by atoms with Gasteiger partial charge in [0.15, 0.2) is 5.60 Å². The number of fused-ring (bicyclic) bond motifs is 2. The number of benzene rings is 3. The van der Waals surface area contributed by atoms with Crippen LogP contribution in [0.1, 0.15) is 72.1 Å². The number of nitrogens with zero attached hydrogens (tertiary/aromatic N) is 2. The van der Waals surface area contributed by atoms with E-state index in [2.05, 4.69) is 62.5 Å². The predicted molar refractivity (Wildman–Crippen MR) is 219 cm³/mol. The van der Waals surface area contributed by atoms with Crippen molar-refractivity contribution in [2.45, 2.75) is 101 Å². The van der Waals surface area contributed by atoms with Gasteiger partial charge in [-0.15, -0.1) is 12.4 Å². The minimum absolute atomic E-state index is 0. The monoisotopic (exact) mass is 817 g/mol. The lowest BCUT2D eigenvalue weighted by Gasteiger charge is -2.48. The number of hydrogen-bond donors (Lipinski definition) is 2. The van der Waals surface area contributed by atoms with E-state index in [0.29, 0.717) is 44.7 Å². The third kappa shape index (κ3) is 9.17. The number of nitrogens with one attached hydrogen (secondary N) is 1. The molecule has 6 rings (SSSR count). The van der Waals surface area contributed by atoms with Gasteiger partial charge in [-0.2, -0.15) is 0 Å². The first-order valence-electron chi connectivity index (χ1n) is 18.5. The molecule has 2 amide bonds. The van der Waals surface area contributed by atoms with Gasteiger partial charge in [0.1, 0.15) is 5.75 Å². The van der Waals surface area contributed by atoms with Gasteiger partial charge in [0, 0.05) is 44.3 Å². The van der Waals surface area contributed by atoms with Crippen molar-refractivity contribution in [3.63, 3.8) is 0 Å². The van der Waals surface area contributed by atoms with Gasteiger partial charge < -0.3 is 24.8 Å². The van der Waals surface area contributed by atoms with Crippen molar-refractivity contribution in [3.05, 3.63) is 105 Å². The van der Waals surface area contributed by atoms with Crippen molar-refractivity contribution in [3.8, 4) is 5.75 Å². The highest BCUT2D eigenvalue weighted by molar-refractivity contribution is 6.68. The summed E-state index contributed by atoms with van der Waals surface area (Å²) in [6.45, 7) is 11.3. The van der Waals surface area contributed by atoms with Gasteiger partial charge in [0.05, 0.1) is 18.7 Å². The molecule has 8 nitrogen and oxygen atoms in total. The number of aliphatic hydroxyl groups excluding tert-OH is 1. The van der Waals surface area contributed by atoms with Crippen molar-refractivity contribution in [2.24, 2.45) is 0 Å². The number of amides is 2. The second-order valence-electron chi connectivity index (χ2n) is 15.1. The molecule has 54 heavy (non-hydrogen) atoms. The minimum Gasteiger partial charge on any atom is -0.493 e. The fraction of sp³-hybridized carbons (Fsp3) is 0.476. The maximum atomic E-state index is 15.1. The maximum absolute atomic E-state index is 15.1. The molecular weight excluding hydrogens is 768 g/mol. The molecule has 0 aromatic heterocycles. The molecule has 1 aliphatic carbocycles. The van der Waals surface area contributed by atoms with E-state index in [-0.39, 0.29) is 37.0 Å². The number of aryl methyl sites for hydroxylation is 2. The molecule has 0 radical (unpaired) electrons. The van der Waals surface area contributed by atoms with Gasteiger partial charge in [-0.3, -0.25) is 9.69 Å². The van der Waals surface area contributed by atoms with Gasteiger partial charge >= 0.3 is 6.09 Å². The van der Waals surface area contributed by atoms with Crippen molar-refractivity contribution in [1.82, 2.24) is 15.1 Å². The van der Waals surface area contributed by atoms with E-state index >= 15 is 4.79 Å². The largest absolute Gasteiger partial charge is 0.493 e. The first-order valence-corrected chi connectivity index (χ1v) is 19.6. The van der Waals surface area contributed by atoms with Crippen molar-refractivity contribution < 1.29 is 24.2 Å². The number of alkyl halides is 3. The second-order valence-corrected chi connectivity index (χ2v) is 17.3. The summed E-state index contributed by atoms with van der Waals surface area (Å²) in [6.07, 6.45) is 2.87. The van der Waals surface area contributed by atoms with E-state index in [1.807, 2.05) is 29.2 Å². The number of hydrogen-bond acceptors (Lipinski definition) is 6. The molecule has 3 aliphatic rings. The fourth-order valence-corrected chi connectivity index (χ4v) is 7.52. The van der Waals surface area contributed by atoms with Crippen LogP contribution in [-0.2, 0) is 28.9 Å². The summed E-state index contributed by atoms with van der Waals surface area (Å²) in [5.74, 6) is 0.838. The van der Waals surface area contributed by atoms with Crippen LogP contribution in [0.2, 0.25) is 0 Å². The van der Waals surface area contributed by atoms with Crippen LogP contribution in [0, 0.1) is 20.8 Å². The van der Waals surface area contributed by atoms with E-state index in [9.17, 15) is 9.90 Å². The Bertz CT molecular complexity index is 1860. The van der Waals surface area contributed by atoms with Crippen LogP contribution in [0.3, 0.4) is 0 Å². The summed E-state index contributed by atoms with van der Waals surface area (Å²) in [5, 5.41) is 13.2. The Hall–Kier alpha value is -2.98. The van der Waals surface area contributed by atoms with Crippen LogP contribution in [0.25, 0.3) is 5.57 Å². The molecule has 2 N–H and O–H groups in total. The molecule has 2 unspecified atom stereocenters. The average Bonchev–Trinajstić information content (AvgIpc) is 3.96. The number of halogens is 4. The second kappa shape index (κ2) is 17.4. The number of ether oxygens (including phenoxy) is 2. The molecule has 292 valence electrons. The quantitative estimate of drug-likeness (QED) is 0.178. The van der Waals surface area contributed by atoms with Crippen LogP contribution in [-0.4, -0.2) is 80.7 Å². The molecule has 3 aromatic carbocycles. The Balaban J connectivity index is 0.00000561. The Labute approximate surface area is 340 Å². The van der Waals surface area contributed by atoms with Crippen LogP contribution in [0.15, 0.2) is 66.2 Å². The summed E-state index contributed by atoms with van der Waals surface area (Å²) >= 11 is 18.7. The summed E-state index contributed by atoms with van der Waals surface area (Å²) in [5.41, 5.74) is 7.66. The Kier molecular flexibility index (Phi) is 13.6. The fourth-order valence-electron chi connectivity index (χ4n) is 7.40. The first kappa shape index (κ1) is 42.2. The summed E-state index contributed by atoms with van der Waals surface area (Å²) in [6, 6.07) is 19.7.